The molecule has 4 rings (SSSR count). The molecule has 1 saturated carbocycles. The van der Waals surface area contributed by atoms with Crippen LogP contribution in [0.25, 0.3) is 0 Å². The van der Waals surface area contributed by atoms with Crippen molar-refractivity contribution in [2.24, 2.45) is 5.92 Å². The number of halogens is 2. The first-order valence-electron chi connectivity index (χ1n) is 13.2. The average Bonchev–Trinajstić information content (AvgIpc) is 3.28. The second-order valence-electron chi connectivity index (χ2n) is 10.9. The van der Waals surface area contributed by atoms with Gasteiger partial charge in [-0.1, -0.05) is 29.3 Å². The summed E-state index contributed by atoms with van der Waals surface area (Å²) in [5.41, 5.74) is 0.155. The van der Waals surface area contributed by atoms with Gasteiger partial charge in [-0.3, -0.25) is 9.86 Å². The molecule has 2 aliphatic rings. The van der Waals surface area contributed by atoms with Gasteiger partial charge in [0, 0.05) is 41.1 Å². The number of hydrogen-bond acceptors (Lipinski definition) is 6. The van der Waals surface area contributed by atoms with Crippen molar-refractivity contribution in [3.8, 4) is 0 Å². The number of hydroxylamine groups is 2. The van der Waals surface area contributed by atoms with E-state index in [1.165, 1.54) is 24.3 Å². The van der Waals surface area contributed by atoms with Gasteiger partial charge in [-0.15, -0.1) is 0 Å². The quantitative estimate of drug-likeness (QED) is 0.469. The number of nitrogens with one attached hydrogen (secondary N) is 1. The molecule has 1 unspecified atom stereocenters. The highest BCUT2D eigenvalue weighted by atomic mass is 35.5. The lowest BCUT2D eigenvalue weighted by atomic mass is 9.81. The van der Waals surface area contributed by atoms with E-state index in [0.29, 0.717) is 29.4 Å². The predicted octanol–water partition coefficient (Wildman–Crippen LogP) is 3.47. The molecule has 1 heterocycles. The van der Waals surface area contributed by atoms with Crippen molar-refractivity contribution < 1.29 is 23.1 Å². The highest BCUT2D eigenvalue weighted by Gasteiger charge is 2.47. The summed E-state index contributed by atoms with van der Waals surface area (Å²) in [6.45, 7) is 4.51. The van der Waals surface area contributed by atoms with Gasteiger partial charge in [-0.25, -0.2) is 13.2 Å². The lowest BCUT2D eigenvalue weighted by molar-refractivity contribution is -0.776. The number of nitrogens with zero attached hydrogens (tertiary/aromatic N) is 2. The van der Waals surface area contributed by atoms with Crippen LogP contribution in [0.4, 0.5) is 0 Å². The Kier molecular flexibility index (Phi) is 9.41. The maximum atomic E-state index is 13.5. The standard InChI is InChI=1S/C28H35Cl2N3O5S/c1-18(2)31(3)23-9-12-25(20(16-23)17-39(37,38)24-10-7-21(29)8-11-24)32-14-13-26(28(32)35)33(36)27(34)19-5-4-6-22(30)15-19/h4-8,10-11,15,18,20,23,25-26,33H,9,12-14,16-17H2,1-3H3/t20-,23+,25-,26-/m0/s1. The molecule has 0 spiro atoms. The van der Waals surface area contributed by atoms with Crippen LogP contribution in [0.15, 0.2) is 53.4 Å². The van der Waals surface area contributed by atoms with Crippen molar-refractivity contribution >= 4 is 44.9 Å². The Labute approximate surface area is 240 Å². The van der Waals surface area contributed by atoms with Gasteiger partial charge >= 0.3 is 5.91 Å². The first kappa shape index (κ1) is 30.0. The van der Waals surface area contributed by atoms with Gasteiger partial charge in [0.15, 0.2) is 15.9 Å². The van der Waals surface area contributed by atoms with E-state index in [1.54, 1.807) is 29.2 Å². The van der Waals surface area contributed by atoms with Crippen LogP contribution >= 0.6 is 23.2 Å². The van der Waals surface area contributed by atoms with E-state index in [0.717, 1.165) is 6.42 Å². The van der Waals surface area contributed by atoms with E-state index in [4.69, 9.17) is 23.2 Å². The monoisotopic (exact) mass is 595 g/mol. The highest BCUT2D eigenvalue weighted by molar-refractivity contribution is 7.91. The summed E-state index contributed by atoms with van der Waals surface area (Å²) in [5.74, 6) is -1.58. The molecule has 1 aliphatic carbocycles. The Balaban J connectivity index is 1.56. The van der Waals surface area contributed by atoms with Crippen molar-refractivity contribution in [3.63, 3.8) is 0 Å². The topological polar surface area (TPSA) is 102 Å². The maximum absolute atomic E-state index is 13.5. The highest BCUT2D eigenvalue weighted by Crippen LogP contribution is 2.35. The van der Waals surface area contributed by atoms with Gasteiger partial charge in [0.05, 0.1) is 16.2 Å². The minimum atomic E-state index is -3.66. The summed E-state index contributed by atoms with van der Waals surface area (Å²) in [4.78, 5) is 30.5. The lowest BCUT2D eigenvalue weighted by Crippen LogP contribution is -3.14. The molecular formula is C28H35Cl2N3O5S. The van der Waals surface area contributed by atoms with Gasteiger partial charge in [0.1, 0.15) is 0 Å². The van der Waals surface area contributed by atoms with E-state index in [2.05, 4.69) is 18.7 Å². The number of rotatable bonds is 8. The SMILES string of the molecule is CC(C)N(C)[C@@H]1CC[C@H](N2CC[C@H]([NH+]([O-])C(=O)c3cccc(Cl)c3)C2=O)[C@H](CS(=O)(=O)c2ccc(Cl)cc2)C1. The van der Waals surface area contributed by atoms with E-state index >= 15 is 0 Å². The molecule has 0 bridgehead atoms. The Hall–Kier alpha value is -2.01. The smallest absolute Gasteiger partial charge is 0.344 e. The fraction of sp³-hybridized carbons (Fsp3) is 0.500. The first-order chi connectivity index (χ1) is 18.4. The Bertz CT molecular complexity index is 1300. The number of sulfone groups is 1. The van der Waals surface area contributed by atoms with Gasteiger partial charge < -0.3 is 15.0 Å². The number of carbonyl (C=O) groups is 2. The van der Waals surface area contributed by atoms with Crippen LogP contribution in [0, 0.1) is 11.1 Å². The summed E-state index contributed by atoms with van der Waals surface area (Å²) in [7, 11) is -1.62. The van der Waals surface area contributed by atoms with Crippen LogP contribution in [0.3, 0.4) is 0 Å². The minimum Gasteiger partial charge on any atom is -0.626 e. The Morgan fingerprint density at radius 1 is 1.10 bits per heavy atom. The molecule has 2 aromatic carbocycles. The molecule has 1 N–H and O–H groups in total. The predicted molar refractivity (Wildman–Crippen MR) is 152 cm³/mol. The molecule has 5 atom stereocenters. The van der Waals surface area contributed by atoms with E-state index < -0.39 is 32.8 Å². The fourth-order valence-corrected chi connectivity index (χ4v) is 7.81. The first-order valence-corrected chi connectivity index (χ1v) is 15.6. The zero-order chi connectivity index (χ0) is 28.5. The minimum absolute atomic E-state index is 0.119. The van der Waals surface area contributed by atoms with Crippen LogP contribution in [-0.2, 0) is 14.6 Å². The van der Waals surface area contributed by atoms with Crippen LogP contribution in [0.2, 0.25) is 10.0 Å². The van der Waals surface area contributed by atoms with Crippen LogP contribution in [0.5, 0.6) is 0 Å². The van der Waals surface area contributed by atoms with Gasteiger partial charge in [-0.05, 0) is 88.5 Å². The third kappa shape index (κ3) is 6.66. The molecule has 8 nitrogen and oxygen atoms in total. The molecule has 212 valence electrons. The van der Waals surface area contributed by atoms with Crippen LogP contribution in [-0.4, -0.2) is 73.5 Å². The number of likely N-dealkylation sites (tertiary alicyclic amines) is 1. The molecule has 39 heavy (non-hydrogen) atoms. The molecule has 11 heteroatoms. The number of amides is 2. The molecule has 1 aliphatic heterocycles. The summed E-state index contributed by atoms with van der Waals surface area (Å²) in [6, 6.07) is 11.3. The van der Waals surface area contributed by atoms with Crippen molar-refractivity contribution in [1.82, 2.24) is 9.80 Å². The van der Waals surface area contributed by atoms with Crippen molar-refractivity contribution in [1.29, 1.82) is 0 Å². The van der Waals surface area contributed by atoms with Crippen LogP contribution in [0.1, 0.15) is 49.9 Å². The summed E-state index contributed by atoms with van der Waals surface area (Å²) in [5, 5.41) is 13.1. The van der Waals surface area contributed by atoms with E-state index in [9.17, 15) is 23.2 Å². The molecule has 0 radical (unpaired) electrons. The normalized spacial score (nSPS) is 24.9. The molecule has 2 amide bonds. The van der Waals surface area contributed by atoms with Crippen molar-refractivity contribution in [3.05, 3.63) is 69.3 Å². The number of benzene rings is 2. The van der Waals surface area contributed by atoms with E-state index in [1.807, 2.05) is 7.05 Å². The molecular weight excluding hydrogens is 561 g/mol. The fourth-order valence-electron chi connectivity index (χ4n) is 5.83. The maximum Gasteiger partial charge on any atom is 0.344 e. The largest absolute Gasteiger partial charge is 0.626 e. The number of carbonyl (C=O) groups excluding carboxylic acids is 2. The summed E-state index contributed by atoms with van der Waals surface area (Å²) >= 11 is 12.0. The second-order valence-corrected chi connectivity index (χ2v) is 13.8. The van der Waals surface area contributed by atoms with Gasteiger partial charge in [0.25, 0.3) is 5.91 Å². The molecule has 1 saturated heterocycles. The zero-order valence-electron chi connectivity index (χ0n) is 22.3. The Morgan fingerprint density at radius 3 is 2.44 bits per heavy atom. The van der Waals surface area contributed by atoms with Crippen molar-refractivity contribution in [2.45, 2.75) is 68.6 Å². The molecule has 0 aromatic heterocycles. The summed E-state index contributed by atoms with van der Waals surface area (Å²) in [6.07, 6.45) is 2.26. The third-order valence-corrected chi connectivity index (χ3v) is 10.5. The molecule has 2 aromatic rings. The Morgan fingerprint density at radius 2 is 1.79 bits per heavy atom. The van der Waals surface area contributed by atoms with Gasteiger partial charge in [-0.2, -0.15) is 0 Å². The summed E-state index contributed by atoms with van der Waals surface area (Å²) < 4.78 is 26.9. The number of quaternary nitrogens is 1. The molecule has 2 fully saturated rings. The second kappa shape index (κ2) is 12.2. The van der Waals surface area contributed by atoms with Crippen molar-refractivity contribution in [2.75, 3.05) is 19.3 Å². The lowest BCUT2D eigenvalue weighted by Gasteiger charge is -2.44. The van der Waals surface area contributed by atoms with E-state index in [-0.39, 0.29) is 46.7 Å². The van der Waals surface area contributed by atoms with Crippen LogP contribution < -0.4 is 5.06 Å². The average molecular weight is 597 g/mol. The zero-order valence-corrected chi connectivity index (χ0v) is 24.7. The number of hydrogen-bond donors (Lipinski definition) is 1. The van der Waals surface area contributed by atoms with Gasteiger partial charge in [0.2, 0.25) is 0 Å². The third-order valence-electron chi connectivity index (χ3n) is 8.18.